The summed E-state index contributed by atoms with van der Waals surface area (Å²) in [5.41, 5.74) is -0.568. The molecule has 3 aromatic carbocycles. The zero-order valence-corrected chi connectivity index (χ0v) is 18.6. The maximum Gasteiger partial charge on any atom is 0.244 e. The Hall–Kier alpha value is -4.24. The third kappa shape index (κ3) is 4.45. The molecule has 1 amide bonds. The molecule has 1 aliphatic heterocycles. The quantitative estimate of drug-likeness (QED) is 0.410. The van der Waals surface area contributed by atoms with Crippen LogP contribution in [0.4, 0.5) is 14.5 Å². The van der Waals surface area contributed by atoms with Crippen LogP contribution in [0.1, 0.15) is 15.9 Å². The lowest BCUT2D eigenvalue weighted by Crippen LogP contribution is -2.24. The van der Waals surface area contributed by atoms with E-state index in [0.29, 0.717) is 33.8 Å². The van der Waals surface area contributed by atoms with Gasteiger partial charge in [0.05, 0.1) is 16.5 Å². The van der Waals surface area contributed by atoms with Crippen molar-refractivity contribution in [3.63, 3.8) is 0 Å². The van der Waals surface area contributed by atoms with Crippen LogP contribution < -0.4 is 20.2 Å². The molecule has 0 unspecified atom stereocenters. The highest BCUT2D eigenvalue weighted by molar-refractivity contribution is 6.30. The molecule has 7 nitrogen and oxygen atoms in total. The SMILES string of the molecule is O=C(Cn1cc(C(=O)c2cc(F)cc(F)c2)c(=O)c2cc3c(cc21)OCO3)Nc1ccc(Cl)cc1. The Balaban J connectivity index is 1.60. The molecule has 0 spiro atoms. The Labute approximate surface area is 201 Å². The van der Waals surface area contributed by atoms with E-state index >= 15 is 0 Å². The maximum absolute atomic E-state index is 13.7. The number of ketones is 1. The minimum atomic E-state index is -0.958. The maximum atomic E-state index is 13.7. The Kier molecular flexibility index (Phi) is 5.70. The van der Waals surface area contributed by atoms with Crippen molar-refractivity contribution in [2.75, 3.05) is 12.1 Å². The van der Waals surface area contributed by atoms with Crippen LogP contribution in [0.25, 0.3) is 10.9 Å². The van der Waals surface area contributed by atoms with Crippen LogP contribution in [0.2, 0.25) is 5.02 Å². The summed E-state index contributed by atoms with van der Waals surface area (Å²) < 4.78 is 39.6. The van der Waals surface area contributed by atoms with Crippen molar-refractivity contribution < 1.29 is 27.8 Å². The Morgan fingerprint density at radius 3 is 2.31 bits per heavy atom. The number of anilines is 1. The summed E-state index contributed by atoms with van der Waals surface area (Å²) >= 11 is 5.87. The van der Waals surface area contributed by atoms with Gasteiger partial charge in [-0.3, -0.25) is 14.4 Å². The number of carbonyl (C=O) groups is 2. The van der Waals surface area contributed by atoms with Gasteiger partial charge in [-0.1, -0.05) is 11.6 Å². The first-order valence-electron chi connectivity index (χ1n) is 10.3. The highest BCUT2D eigenvalue weighted by Crippen LogP contribution is 2.35. The number of hydrogen-bond donors (Lipinski definition) is 1. The van der Waals surface area contributed by atoms with Gasteiger partial charge < -0.3 is 19.4 Å². The molecular weight excluding hydrogens is 482 g/mol. The number of amides is 1. The Morgan fingerprint density at radius 2 is 1.63 bits per heavy atom. The van der Waals surface area contributed by atoms with Crippen molar-refractivity contribution in [1.29, 1.82) is 0 Å². The molecule has 5 rings (SSSR count). The molecule has 10 heteroatoms. The van der Waals surface area contributed by atoms with E-state index in [0.717, 1.165) is 12.1 Å². The topological polar surface area (TPSA) is 86.6 Å². The fourth-order valence-electron chi connectivity index (χ4n) is 3.80. The Morgan fingerprint density at radius 1 is 0.971 bits per heavy atom. The van der Waals surface area contributed by atoms with Gasteiger partial charge in [-0.15, -0.1) is 0 Å². The summed E-state index contributed by atoms with van der Waals surface area (Å²) in [6.45, 7) is -0.331. The lowest BCUT2D eigenvalue weighted by molar-refractivity contribution is -0.116. The highest BCUT2D eigenvalue weighted by atomic mass is 35.5. The summed E-state index contributed by atoms with van der Waals surface area (Å²) in [7, 11) is 0. The summed E-state index contributed by atoms with van der Waals surface area (Å²) in [6, 6.07) is 11.7. The lowest BCUT2D eigenvalue weighted by Gasteiger charge is -2.14. The number of pyridine rings is 1. The standard InChI is InChI=1S/C25H15ClF2N2O5/c26-14-1-3-17(4-2-14)29-23(31)11-30-10-19(24(32)13-5-15(27)7-16(28)6-13)25(33)18-8-21-22(9-20(18)30)35-12-34-21/h1-10H,11-12H2,(H,29,31). The molecule has 1 aromatic heterocycles. The van der Waals surface area contributed by atoms with E-state index in [4.69, 9.17) is 21.1 Å². The predicted molar refractivity (Wildman–Crippen MR) is 124 cm³/mol. The second-order valence-corrected chi connectivity index (χ2v) is 8.20. The number of benzene rings is 3. The first-order valence-corrected chi connectivity index (χ1v) is 10.7. The van der Waals surface area contributed by atoms with Gasteiger partial charge in [0.2, 0.25) is 18.1 Å². The lowest BCUT2D eigenvalue weighted by atomic mass is 10.0. The number of halogens is 3. The fourth-order valence-corrected chi connectivity index (χ4v) is 3.93. The van der Waals surface area contributed by atoms with Gasteiger partial charge in [-0.25, -0.2) is 8.78 Å². The number of hydrogen-bond acceptors (Lipinski definition) is 5. The van der Waals surface area contributed by atoms with Crippen LogP contribution >= 0.6 is 11.6 Å². The van der Waals surface area contributed by atoms with Crippen molar-refractivity contribution in [1.82, 2.24) is 4.57 Å². The third-order valence-electron chi connectivity index (χ3n) is 5.39. The van der Waals surface area contributed by atoms with E-state index in [1.54, 1.807) is 24.3 Å². The minimum absolute atomic E-state index is 0.0503. The minimum Gasteiger partial charge on any atom is -0.454 e. The molecule has 35 heavy (non-hydrogen) atoms. The number of carbonyl (C=O) groups excluding carboxylic acids is 2. The summed E-state index contributed by atoms with van der Waals surface area (Å²) in [4.78, 5) is 39.1. The molecule has 2 heterocycles. The second kappa shape index (κ2) is 8.84. The average molecular weight is 497 g/mol. The molecule has 0 aliphatic carbocycles. The zero-order chi connectivity index (χ0) is 24.7. The van der Waals surface area contributed by atoms with Crippen molar-refractivity contribution in [2.24, 2.45) is 0 Å². The summed E-state index contributed by atoms with van der Waals surface area (Å²) in [5.74, 6) is -2.59. The van der Waals surface area contributed by atoms with Crippen molar-refractivity contribution in [2.45, 2.75) is 6.54 Å². The summed E-state index contributed by atoms with van der Waals surface area (Å²) in [6.07, 6.45) is 1.19. The normalized spacial score (nSPS) is 12.1. The number of nitrogens with zero attached hydrogens (tertiary/aromatic N) is 1. The number of ether oxygens (including phenoxy) is 2. The van der Waals surface area contributed by atoms with E-state index in [9.17, 15) is 23.2 Å². The number of aromatic nitrogens is 1. The fraction of sp³-hybridized carbons (Fsp3) is 0.0800. The first-order chi connectivity index (χ1) is 16.8. The van der Waals surface area contributed by atoms with Crippen LogP contribution in [-0.2, 0) is 11.3 Å². The molecule has 176 valence electrons. The van der Waals surface area contributed by atoms with Crippen LogP contribution in [0, 0.1) is 11.6 Å². The summed E-state index contributed by atoms with van der Waals surface area (Å²) in [5, 5.41) is 3.29. The molecule has 0 radical (unpaired) electrons. The van der Waals surface area contributed by atoms with Crippen LogP contribution in [0.15, 0.2) is 65.6 Å². The second-order valence-electron chi connectivity index (χ2n) is 7.76. The number of nitrogens with one attached hydrogen (secondary N) is 1. The molecule has 0 bridgehead atoms. The van der Waals surface area contributed by atoms with E-state index < -0.39 is 28.8 Å². The van der Waals surface area contributed by atoms with Crippen LogP contribution in [-0.4, -0.2) is 23.1 Å². The Bertz CT molecular complexity index is 1550. The van der Waals surface area contributed by atoms with Crippen molar-refractivity contribution in [3.8, 4) is 11.5 Å². The molecule has 0 saturated heterocycles. The van der Waals surface area contributed by atoms with E-state index in [1.807, 2.05) is 0 Å². The van der Waals surface area contributed by atoms with Crippen molar-refractivity contribution >= 4 is 39.9 Å². The van der Waals surface area contributed by atoms with Gasteiger partial charge in [0.25, 0.3) is 0 Å². The van der Waals surface area contributed by atoms with E-state index in [2.05, 4.69) is 5.32 Å². The smallest absolute Gasteiger partial charge is 0.244 e. The number of fused-ring (bicyclic) bond motifs is 2. The van der Waals surface area contributed by atoms with Gasteiger partial charge in [0, 0.05) is 34.6 Å². The highest BCUT2D eigenvalue weighted by Gasteiger charge is 2.23. The molecule has 0 atom stereocenters. The van der Waals surface area contributed by atoms with Gasteiger partial charge >= 0.3 is 0 Å². The molecule has 1 aliphatic rings. The van der Waals surface area contributed by atoms with Crippen molar-refractivity contribution in [3.05, 3.63) is 98.8 Å². The van der Waals surface area contributed by atoms with E-state index in [-0.39, 0.29) is 29.9 Å². The molecule has 1 N–H and O–H groups in total. The van der Waals surface area contributed by atoms with Crippen LogP contribution in [0.3, 0.4) is 0 Å². The zero-order valence-electron chi connectivity index (χ0n) is 17.8. The molecule has 0 fully saturated rings. The van der Waals surface area contributed by atoms with Gasteiger partial charge in [-0.05, 0) is 42.5 Å². The van der Waals surface area contributed by atoms with Gasteiger partial charge in [0.1, 0.15) is 18.2 Å². The van der Waals surface area contributed by atoms with E-state index in [1.165, 1.54) is 22.9 Å². The first kappa shape index (κ1) is 22.5. The van der Waals surface area contributed by atoms with Gasteiger partial charge in [-0.2, -0.15) is 0 Å². The molecule has 0 saturated carbocycles. The largest absolute Gasteiger partial charge is 0.454 e. The average Bonchev–Trinajstić information content (AvgIpc) is 3.28. The monoisotopic (exact) mass is 496 g/mol. The molecule has 4 aromatic rings. The van der Waals surface area contributed by atoms with Gasteiger partial charge in [0.15, 0.2) is 17.3 Å². The van der Waals surface area contributed by atoms with Crippen LogP contribution in [0.5, 0.6) is 11.5 Å². The number of rotatable bonds is 5. The predicted octanol–water partition coefficient (Wildman–Crippen LogP) is 4.53. The molecular formula is C25H15ClF2N2O5. The third-order valence-corrected chi connectivity index (χ3v) is 5.64.